The zero-order valence-electron chi connectivity index (χ0n) is 3.02. The highest BCUT2D eigenvalue weighted by Crippen LogP contribution is 1.64. The first-order valence-electron chi connectivity index (χ1n) is 1.48. The van der Waals surface area contributed by atoms with Gasteiger partial charge in [0.15, 0.2) is 0 Å². The summed E-state index contributed by atoms with van der Waals surface area (Å²) in [5.41, 5.74) is 5.04. The Labute approximate surface area is 36.3 Å². The van der Waals surface area contributed by atoms with E-state index in [0.717, 1.165) is 0 Å². The lowest BCUT2D eigenvalue weighted by molar-refractivity contribution is 1.38. The molecule has 0 saturated carbocycles. The van der Waals surface area contributed by atoms with Gasteiger partial charge in [0.25, 0.3) is 0 Å². The van der Waals surface area contributed by atoms with Crippen LogP contribution in [0.3, 0.4) is 0 Å². The molecule has 0 saturated heterocycles. The summed E-state index contributed by atoms with van der Waals surface area (Å²) < 4.78 is 0. The first-order chi connectivity index (χ1) is 2.41. The quantitative estimate of drug-likeness (QED) is 0.338. The van der Waals surface area contributed by atoms with E-state index in [1.54, 1.807) is 0 Å². The summed E-state index contributed by atoms with van der Waals surface area (Å²) in [6.45, 7) is 1.85. The van der Waals surface area contributed by atoms with E-state index in [4.69, 9.17) is 5.73 Å². The maximum Gasteiger partial charge on any atom is 0.0951 e. The largest absolute Gasteiger partial charge is 0.339 e. The molecule has 0 fully saturated rings. The molecule has 0 rings (SSSR count). The van der Waals surface area contributed by atoms with Gasteiger partial charge in [-0.3, -0.25) is 0 Å². The van der Waals surface area contributed by atoms with Crippen molar-refractivity contribution in [2.45, 2.75) is 0 Å². The predicted molar refractivity (Wildman–Crippen MR) is 30.3 cm³/mol. The zero-order chi connectivity index (χ0) is 4.12. The van der Waals surface area contributed by atoms with Gasteiger partial charge in [-0.25, -0.2) is 0 Å². The van der Waals surface area contributed by atoms with Crippen molar-refractivity contribution in [1.82, 2.24) is 0 Å². The van der Waals surface area contributed by atoms with Crippen molar-refractivity contribution in [2.24, 2.45) is 5.73 Å². The van der Waals surface area contributed by atoms with Gasteiger partial charge in [-0.2, -0.15) is 9.12 Å². The second kappa shape index (κ2) is 4.52. The van der Waals surface area contributed by atoms with E-state index < -0.39 is 0 Å². The molecule has 2 N–H and O–H groups in total. The third-order valence-electron chi connectivity index (χ3n) is 0.272. The normalized spacial score (nSPS) is 6.80. The molecule has 1 atom stereocenters. The SMILES string of the molecule is NC[B][B]P. The minimum Gasteiger partial charge on any atom is -0.339 e. The van der Waals surface area contributed by atoms with Crippen molar-refractivity contribution >= 4 is 23.2 Å². The van der Waals surface area contributed by atoms with Crippen LogP contribution in [0, 0.1) is 0 Å². The molecule has 0 aliphatic heterocycles. The van der Waals surface area contributed by atoms with Crippen LogP contribution < -0.4 is 5.73 Å². The predicted octanol–water partition coefficient (Wildman–Crippen LogP) is -0.984. The second-order valence-electron chi connectivity index (χ2n) is 0.664. The van der Waals surface area contributed by atoms with Crippen LogP contribution in [0.4, 0.5) is 0 Å². The van der Waals surface area contributed by atoms with E-state index in [1.165, 1.54) is 0 Å². The maximum atomic E-state index is 5.04. The summed E-state index contributed by atoms with van der Waals surface area (Å²) in [7, 11) is 4.30. The Morgan fingerprint density at radius 3 is 2.40 bits per heavy atom. The third-order valence-corrected chi connectivity index (χ3v) is 0.544. The van der Waals surface area contributed by atoms with Gasteiger partial charge in [-0.15, -0.1) is 0 Å². The van der Waals surface area contributed by atoms with Gasteiger partial charge in [-0.05, 0) is 6.44 Å². The third kappa shape index (κ3) is 4.52. The molecule has 0 aromatic heterocycles. The molecular weight excluding hydrogens is 78.6 g/mol. The fraction of sp³-hybridized carbons (Fsp3) is 1.00. The first-order valence-corrected chi connectivity index (χ1v) is 2.15. The highest BCUT2D eigenvalue weighted by atomic mass is 31.0. The minimum absolute atomic E-state index is 0.642. The summed E-state index contributed by atoms with van der Waals surface area (Å²) in [6.07, 6.45) is 0.642. The van der Waals surface area contributed by atoms with E-state index in [2.05, 4.69) is 9.12 Å². The number of rotatable bonds is 2. The molecule has 0 spiro atoms. The average molecular weight is 84.7 g/mol. The monoisotopic (exact) mass is 85.0 g/mol. The van der Waals surface area contributed by atoms with Crippen LogP contribution in [0.2, 0.25) is 0 Å². The Balaban J connectivity index is 2.19. The second-order valence-corrected chi connectivity index (χ2v) is 1.05. The van der Waals surface area contributed by atoms with Crippen LogP contribution in [0.15, 0.2) is 0 Å². The standard InChI is InChI=1S/CH6B2NP/c4-1-2-3-5/h1,4-5H2. The molecule has 4 heteroatoms. The van der Waals surface area contributed by atoms with Crippen molar-refractivity contribution < 1.29 is 0 Å². The Morgan fingerprint density at radius 1 is 1.80 bits per heavy atom. The molecule has 0 aliphatic rings. The van der Waals surface area contributed by atoms with Crippen LogP contribution in [0.5, 0.6) is 0 Å². The summed E-state index contributed by atoms with van der Waals surface area (Å²) in [5.74, 6) is 0. The molecule has 0 aliphatic carbocycles. The van der Waals surface area contributed by atoms with E-state index >= 15 is 0 Å². The molecule has 0 aromatic carbocycles. The molecule has 0 heterocycles. The first kappa shape index (κ1) is 5.52. The van der Waals surface area contributed by atoms with Gasteiger partial charge in [0, 0.05) is 0 Å². The van der Waals surface area contributed by atoms with E-state index in [1.807, 2.05) is 14.1 Å². The van der Waals surface area contributed by atoms with Gasteiger partial charge < -0.3 is 5.73 Å². The highest BCUT2D eigenvalue weighted by molar-refractivity contribution is 7.67. The summed E-state index contributed by atoms with van der Waals surface area (Å²) in [6, 6.07) is 0. The van der Waals surface area contributed by atoms with Crippen molar-refractivity contribution in [2.75, 3.05) is 6.44 Å². The number of hydrogen-bond donors (Lipinski definition) is 1. The van der Waals surface area contributed by atoms with Crippen LogP contribution in [0.1, 0.15) is 0 Å². The van der Waals surface area contributed by atoms with Crippen molar-refractivity contribution in [3.8, 4) is 0 Å². The highest BCUT2D eigenvalue weighted by Gasteiger charge is 1.74. The molecule has 1 unspecified atom stereocenters. The summed E-state index contributed by atoms with van der Waals surface area (Å²) in [4.78, 5) is 0. The van der Waals surface area contributed by atoms with Gasteiger partial charge in [0.1, 0.15) is 0 Å². The summed E-state index contributed by atoms with van der Waals surface area (Å²) >= 11 is 0. The summed E-state index contributed by atoms with van der Waals surface area (Å²) in [5, 5.41) is 0. The average Bonchev–Trinajstić information content (AvgIpc) is 1.41. The van der Waals surface area contributed by atoms with Crippen LogP contribution >= 0.6 is 9.12 Å². The molecule has 0 aromatic rings. The van der Waals surface area contributed by atoms with Crippen LogP contribution in [-0.4, -0.2) is 20.5 Å². The van der Waals surface area contributed by atoms with E-state index in [0.29, 0.717) is 6.44 Å². The van der Waals surface area contributed by atoms with Gasteiger partial charge in [-0.1, -0.05) is 0 Å². The fourth-order valence-corrected chi connectivity index (χ4v) is 0.236. The molecular formula is CH6B2NP. The fourth-order valence-electron chi connectivity index (χ4n) is 0.0786. The maximum absolute atomic E-state index is 5.04. The van der Waals surface area contributed by atoms with Gasteiger partial charge in [0.2, 0.25) is 0 Å². The zero-order valence-corrected chi connectivity index (χ0v) is 4.17. The lowest BCUT2D eigenvalue weighted by atomic mass is 9.55. The van der Waals surface area contributed by atoms with Crippen LogP contribution in [-0.2, 0) is 0 Å². The molecule has 26 valence electrons. The molecule has 0 bridgehead atoms. The Bertz CT molecular complexity index is 17.1. The van der Waals surface area contributed by atoms with Gasteiger partial charge >= 0.3 is 0 Å². The topological polar surface area (TPSA) is 26.0 Å². The lowest BCUT2D eigenvalue weighted by Crippen LogP contribution is -2.11. The Morgan fingerprint density at radius 2 is 2.40 bits per heavy atom. The molecule has 1 nitrogen and oxygen atoms in total. The number of nitrogens with two attached hydrogens (primary N) is 1. The molecule has 2 radical (unpaired) electrons. The lowest BCUT2D eigenvalue weighted by Gasteiger charge is -1.75. The smallest absolute Gasteiger partial charge is 0.0951 e. The molecule has 5 heavy (non-hydrogen) atoms. The Hall–Kier alpha value is 0.520. The minimum atomic E-state index is 0.642. The van der Waals surface area contributed by atoms with E-state index in [9.17, 15) is 0 Å². The van der Waals surface area contributed by atoms with Crippen LogP contribution in [0.25, 0.3) is 0 Å². The van der Waals surface area contributed by atoms with Crippen molar-refractivity contribution in [3.63, 3.8) is 0 Å². The van der Waals surface area contributed by atoms with Crippen molar-refractivity contribution in [1.29, 1.82) is 0 Å². The van der Waals surface area contributed by atoms with Crippen molar-refractivity contribution in [3.05, 3.63) is 0 Å². The Kier molecular flexibility index (Phi) is 4.99. The van der Waals surface area contributed by atoms with E-state index in [-0.39, 0.29) is 0 Å². The molecule has 0 amide bonds. The van der Waals surface area contributed by atoms with Gasteiger partial charge in [0.05, 0.1) is 14.1 Å². The number of hydrogen-bond acceptors (Lipinski definition) is 1.